The number of carbonyl (C=O) groups excluding carboxylic acids is 2. The van der Waals surface area contributed by atoms with E-state index in [2.05, 4.69) is 0 Å². The largest absolute Gasteiger partial charge is 0.459 e. The van der Waals surface area contributed by atoms with Gasteiger partial charge in [0.15, 0.2) is 5.41 Å². The van der Waals surface area contributed by atoms with E-state index in [4.69, 9.17) is 9.47 Å². The standard InChI is InChI=1S/C17H28O4/c1-15(2,3)20-13(18)17(14(19)21-16(4,5)6)11-9-7-8-10-12(11)17/h11-12H,7-10H2,1-6H3/t11-,12-/m1/s1. The molecule has 0 amide bonds. The second-order valence-electron chi connectivity index (χ2n) is 8.37. The molecule has 2 atom stereocenters. The molecule has 2 fully saturated rings. The maximum Gasteiger partial charge on any atom is 0.324 e. The number of carbonyl (C=O) groups is 2. The van der Waals surface area contributed by atoms with Crippen LogP contribution in [0.15, 0.2) is 0 Å². The van der Waals surface area contributed by atoms with E-state index < -0.39 is 16.6 Å². The fourth-order valence-corrected chi connectivity index (χ4v) is 3.54. The van der Waals surface area contributed by atoms with Crippen LogP contribution in [-0.4, -0.2) is 23.1 Å². The molecule has 0 aromatic rings. The molecule has 4 heteroatoms. The molecule has 0 unspecified atom stereocenters. The van der Waals surface area contributed by atoms with Crippen LogP contribution >= 0.6 is 0 Å². The van der Waals surface area contributed by atoms with Gasteiger partial charge in [0, 0.05) is 0 Å². The molecule has 4 nitrogen and oxygen atoms in total. The average Bonchev–Trinajstić information content (AvgIpc) is 2.94. The Morgan fingerprint density at radius 2 is 1.14 bits per heavy atom. The van der Waals surface area contributed by atoms with E-state index in [0.29, 0.717) is 0 Å². The molecule has 2 aliphatic rings. The summed E-state index contributed by atoms with van der Waals surface area (Å²) in [6.07, 6.45) is 4.00. The maximum atomic E-state index is 12.7. The first kappa shape index (κ1) is 16.3. The first-order valence-electron chi connectivity index (χ1n) is 7.95. The number of esters is 2. The predicted molar refractivity (Wildman–Crippen MR) is 79.6 cm³/mol. The van der Waals surface area contributed by atoms with Crippen molar-refractivity contribution in [3.8, 4) is 0 Å². The van der Waals surface area contributed by atoms with Gasteiger partial charge in [-0.2, -0.15) is 0 Å². The van der Waals surface area contributed by atoms with Crippen molar-refractivity contribution in [2.75, 3.05) is 0 Å². The van der Waals surface area contributed by atoms with Crippen LogP contribution in [0.3, 0.4) is 0 Å². The predicted octanol–water partition coefficient (Wildman–Crippen LogP) is 3.48. The summed E-state index contributed by atoms with van der Waals surface area (Å²) >= 11 is 0. The van der Waals surface area contributed by atoms with Crippen LogP contribution in [-0.2, 0) is 19.1 Å². The van der Waals surface area contributed by atoms with Gasteiger partial charge in [0.05, 0.1) is 0 Å². The third kappa shape index (κ3) is 3.09. The highest BCUT2D eigenvalue weighted by Gasteiger charge is 2.76. The Morgan fingerprint density at radius 1 is 0.810 bits per heavy atom. The van der Waals surface area contributed by atoms with E-state index in [0.717, 1.165) is 25.7 Å². The van der Waals surface area contributed by atoms with Gasteiger partial charge in [-0.1, -0.05) is 12.8 Å². The molecule has 21 heavy (non-hydrogen) atoms. The zero-order valence-corrected chi connectivity index (χ0v) is 14.1. The van der Waals surface area contributed by atoms with Crippen LogP contribution in [0.1, 0.15) is 67.2 Å². The summed E-state index contributed by atoms with van der Waals surface area (Å²) in [7, 11) is 0. The van der Waals surface area contributed by atoms with E-state index in [1.807, 2.05) is 41.5 Å². The molecular formula is C17H28O4. The fourth-order valence-electron chi connectivity index (χ4n) is 3.54. The average molecular weight is 296 g/mol. The van der Waals surface area contributed by atoms with Crippen molar-refractivity contribution in [1.82, 2.24) is 0 Å². The van der Waals surface area contributed by atoms with E-state index in [9.17, 15) is 9.59 Å². The van der Waals surface area contributed by atoms with Crippen molar-refractivity contribution in [2.24, 2.45) is 17.3 Å². The number of hydrogen-bond donors (Lipinski definition) is 0. The van der Waals surface area contributed by atoms with Crippen molar-refractivity contribution in [1.29, 1.82) is 0 Å². The molecule has 0 radical (unpaired) electrons. The van der Waals surface area contributed by atoms with Gasteiger partial charge in [0.2, 0.25) is 0 Å². The Bertz CT molecular complexity index is 397. The summed E-state index contributed by atoms with van der Waals surface area (Å²) in [5, 5.41) is 0. The summed E-state index contributed by atoms with van der Waals surface area (Å²) in [5.41, 5.74) is -2.22. The second-order valence-corrected chi connectivity index (χ2v) is 8.37. The molecule has 0 heterocycles. The van der Waals surface area contributed by atoms with Crippen LogP contribution < -0.4 is 0 Å². The third-order valence-electron chi connectivity index (χ3n) is 4.30. The molecule has 0 bridgehead atoms. The zero-order valence-electron chi connectivity index (χ0n) is 14.1. The summed E-state index contributed by atoms with van der Waals surface area (Å²) in [6, 6.07) is 0. The Balaban J connectivity index is 2.25. The Hall–Kier alpha value is -1.06. The summed E-state index contributed by atoms with van der Waals surface area (Å²) < 4.78 is 11.1. The van der Waals surface area contributed by atoms with Crippen LogP contribution in [0.25, 0.3) is 0 Å². The van der Waals surface area contributed by atoms with E-state index in [1.54, 1.807) is 0 Å². The number of rotatable bonds is 2. The topological polar surface area (TPSA) is 52.6 Å². The highest BCUT2D eigenvalue weighted by Crippen LogP contribution is 2.67. The Morgan fingerprint density at radius 3 is 1.43 bits per heavy atom. The molecule has 120 valence electrons. The van der Waals surface area contributed by atoms with Crippen LogP contribution in [0, 0.1) is 17.3 Å². The smallest absolute Gasteiger partial charge is 0.324 e. The molecule has 0 aromatic carbocycles. The molecule has 0 saturated heterocycles. The van der Waals surface area contributed by atoms with E-state index in [-0.39, 0.29) is 23.8 Å². The van der Waals surface area contributed by atoms with Crippen molar-refractivity contribution in [2.45, 2.75) is 78.4 Å². The normalized spacial score (nSPS) is 27.5. The number of ether oxygens (including phenoxy) is 2. The highest BCUT2D eigenvalue weighted by molar-refractivity contribution is 6.05. The van der Waals surface area contributed by atoms with Crippen molar-refractivity contribution < 1.29 is 19.1 Å². The third-order valence-corrected chi connectivity index (χ3v) is 4.30. The fraction of sp³-hybridized carbons (Fsp3) is 0.882. The minimum absolute atomic E-state index is 0.107. The van der Waals surface area contributed by atoms with Crippen molar-refractivity contribution in [3.05, 3.63) is 0 Å². The highest BCUT2D eigenvalue weighted by atomic mass is 16.6. The lowest BCUT2D eigenvalue weighted by Gasteiger charge is -2.27. The molecule has 0 aromatic heterocycles. The Labute approximate surface area is 127 Å². The molecule has 0 N–H and O–H groups in total. The molecule has 0 aliphatic heterocycles. The molecule has 2 aliphatic carbocycles. The van der Waals surface area contributed by atoms with Gasteiger partial charge < -0.3 is 9.47 Å². The van der Waals surface area contributed by atoms with Crippen LogP contribution in [0.4, 0.5) is 0 Å². The van der Waals surface area contributed by atoms with Crippen molar-refractivity contribution in [3.63, 3.8) is 0 Å². The monoisotopic (exact) mass is 296 g/mol. The minimum Gasteiger partial charge on any atom is -0.459 e. The zero-order chi connectivity index (χ0) is 16.1. The summed E-state index contributed by atoms with van der Waals surface area (Å²) in [6.45, 7) is 11.0. The molecule has 0 spiro atoms. The van der Waals surface area contributed by atoms with Gasteiger partial charge in [0.25, 0.3) is 0 Å². The van der Waals surface area contributed by atoms with E-state index in [1.165, 1.54) is 0 Å². The SMILES string of the molecule is CC(C)(C)OC(=O)C1(C(=O)OC(C)(C)C)[C@@H]2CCCC[C@H]21. The quantitative estimate of drug-likeness (QED) is 0.578. The first-order valence-corrected chi connectivity index (χ1v) is 7.95. The minimum atomic E-state index is -1.04. The summed E-state index contributed by atoms with van der Waals surface area (Å²) in [5.74, 6) is -0.561. The van der Waals surface area contributed by atoms with Crippen LogP contribution in [0.2, 0.25) is 0 Å². The molecule has 2 saturated carbocycles. The lowest BCUT2D eigenvalue weighted by atomic mass is 10.00. The second kappa shape index (κ2) is 4.99. The maximum absolute atomic E-state index is 12.7. The van der Waals surface area contributed by atoms with Gasteiger partial charge in [-0.15, -0.1) is 0 Å². The number of hydrogen-bond acceptors (Lipinski definition) is 4. The van der Waals surface area contributed by atoms with Gasteiger partial charge in [-0.05, 0) is 66.2 Å². The summed E-state index contributed by atoms with van der Waals surface area (Å²) in [4.78, 5) is 25.4. The van der Waals surface area contributed by atoms with Gasteiger partial charge in [-0.25, -0.2) is 0 Å². The lowest BCUT2D eigenvalue weighted by Crippen LogP contribution is -2.40. The van der Waals surface area contributed by atoms with E-state index >= 15 is 0 Å². The molecule has 2 rings (SSSR count). The first-order chi connectivity index (χ1) is 9.48. The lowest BCUT2D eigenvalue weighted by molar-refractivity contribution is -0.178. The molecular weight excluding hydrogens is 268 g/mol. The van der Waals surface area contributed by atoms with Gasteiger partial charge in [-0.3, -0.25) is 9.59 Å². The van der Waals surface area contributed by atoms with Crippen molar-refractivity contribution >= 4 is 11.9 Å². The number of fused-ring (bicyclic) bond motifs is 1. The van der Waals surface area contributed by atoms with Gasteiger partial charge >= 0.3 is 11.9 Å². The van der Waals surface area contributed by atoms with Gasteiger partial charge in [0.1, 0.15) is 11.2 Å². The van der Waals surface area contributed by atoms with Crippen LogP contribution in [0.5, 0.6) is 0 Å². The Kier molecular flexibility index (Phi) is 3.88.